The van der Waals surface area contributed by atoms with Gasteiger partial charge in [0.05, 0.1) is 12.3 Å². The lowest BCUT2D eigenvalue weighted by Gasteiger charge is -2.19. The summed E-state index contributed by atoms with van der Waals surface area (Å²) >= 11 is 0. The molecule has 0 spiro atoms. The van der Waals surface area contributed by atoms with Crippen LogP contribution in [0.15, 0.2) is 29.3 Å². The van der Waals surface area contributed by atoms with Gasteiger partial charge in [0.25, 0.3) is 0 Å². The fourth-order valence-corrected chi connectivity index (χ4v) is 3.08. The van der Waals surface area contributed by atoms with E-state index in [1.54, 1.807) is 0 Å². The number of hydrogen-bond donors (Lipinski definition) is 2. The van der Waals surface area contributed by atoms with Crippen molar-refractivity contribution in [2.45, 2.75) is 59.0 Å². The van der Waals surface area contributed by atoms with Crippen molar-refractivity contribution < 1.29 is 8.42 Å². The first-order valence-corrected chi connectivity index (χ1v) is 10.9. The number of guanidine groups is 1. The van der Waals surface area contributed by atoms with Crippen LogP contribution in [0.2, 0.25) is 0 Å². The van der Waals surface area contributed by atoms with Gasteiger partial charge in [0, 0.05) is 18.8 Å². The minimum Gasteiger partial charge on any atom is -0.357 e. The molecule has 0 fully saturated rings. The molecule has 0 saturated heterocycles. The van der Waals surface area contributed by atoms with Crippen LogP contribution in [0.5, 0.6) is 0 Å². The van der Waals surface area contributed by atoms with E-state index in [1.807, 2.05) is 13.8 Å². The summed E-state index contributed by atoms with van der Waals surface area (Å²) in [7, 11) is -2.94. The molecular weight excluding hydrogens is 334 g/mol. The fraction of sp³-hybridized carbons (Fsp3) is 0.632. The summed E-state index contributed by atoms with van der Waals surface area (Å²) in [6.45, 7) is 11.9. The lowest BCUT2D eigenvalue weighted by Crippen LogP contribution is -2.42. The van der Waals surface area contributed by atoms with Crippen molar-refractivity contribution >= 4 is 15.8 Å². The molecule has 0 radical (unpaired) electrons. The number of benzene rings is 1. The summed E-state index contributed by atoms with van der Waals surface area (Å²) < 4.78 is 22.6. The molecule has 0 bridgehead atoms. The van der Waals surface area contributed by atoms with E-state index < -0.39 is 9.84 Å². The van der Waals surface area contributed by atoms with Gasteiger partial charge in [0.15, 0.2) is 5.96 Å². The van der Waals surface area contributed by atoms with E-state index in [4.69, 9.17) is 0 Å². The van der Waals surface area contributed by atoms with Gasteiger partial charge in [-0.2, -0.15) is 0 Å². The van der Waals surface area contributed by atoms with Crippen LogP contribution in [0.4, 0.5) is 0 Å². The van der Waals surface area contributed by atoms with Crippen LogP contribution in [0, 0.1) is 0 Å². The standard InChI is InChI=1S/C19H33N3O2S/c1-7-20-18(22-15(2)12-13-25(6,23)24)21-14-16-8-10-17(11-9-16)19(3,4)5/h8-11,15H,7,12-14H2,1-6H3,(H2,20,21,22). The molecule has 1 atom stereocenters. The quantitative estimate of drug-likeness (QED) is 0.574. The third-order valence-electron chi connectivity index (χ3n) is 3.89. The van der Waals surface area contributed by atoms with E-state index in [2.05, 4.69) is 60.7 Å². The number of nitrogens with one attached hydrogen (secondary N) is 2. The molecule has 25 heavy (non-hydrogen) atoms. The minimum absolute atomic E-state index is 0.0378. The minimum atomic E-state index is -2.94. The fourth-order valence-electron chi connectivity index (χ4n) is 2.30. The Balaban J connectivity index is 2.68. The summed E-state index contributed by atoms with van der Waals surface area (Å²) in [5.41, 5.74) is 2.60. The zero-order valence-corrected chi connectivity index (χ0v) is 17.2. The molecule has 142 valence electrons. The third-order valence-corrected chi connectivity index (χ3v) is 4.87. The highest BCUT2D eigenvalue weighted by Crippen LogP contribution is 2.22. The van der Waals surface area contributed by atoms with E-state index in [-0.39, 0.29) is 17.2 Å². The van der Waals surface area contributed by atoms with Crippen LogP contribution in [0.1, 0.15) is 52.2 Å². The van der Waals surface area contributed by atoms with Gasteiger partial charge in [-0.05, 0) is 36.8 Å². The second-order valence-corrected chi connectivity index (χ2v) is 9.87. The largest absolute Gasteiger partial charge is 0.357 e. The van der Waals surface area contributed by atoms with Crippen molar-refractivity contribution in [2.75, 3.05) is 18.6 Å². The monoisotopic (exact) mass is 367 g/mol. The van der Waals surface area contributed by atoms with Crippen LogP contribution < -0.4 is 10.6 Å². The Hall–Kier alpha value is -1.56. The molecule has 0 heterocycles. The number of aliphatic imine (C=N–C) groups is 1. The molecule has 1 unspecified atom stereocenters. The molecule has 1 aromatic rings. The first-order chi connectivity index (χ1) is 11.5. The molecule has 5 nitrogen and oxygen atoms in total. The molecule has 0 aliphatic heterocycles. The van der Waals surface area contributed by atoms with Gasteiger partial charge < -0.3 is 10.6 Å². The molecule has 2 N–H and O–H groups in total. The Morgan fingerprint density at radius 2 is 1.80 bits per heavy atom. The maximum atomic E-state index is 11.3. The van der Waals surface area contributed by atoms with Gasteiger partial charge in [0.1, 0.15) is 9.84 Å². The van der Waals surface area contributed by atoms with Gasteiger partial charge in [-0.25, -0.2) is 13.4 Å². The molecule has 0 amide bonds. The Labute approximate surface area is 153 Å². The second kappa shape index (κ2) is 9.22. The summed E-state index contributed by atoms with van der Waals surface area (Å²) in [5.74, 6) is 0.887. The van der Waals surface area contributed by atoms with E-state index in [1.165, 1.54) is 11.8 Å². The predicted molar refractivity (Wildman–Crippen MR) is 107 cm³/mol. The van der Waals surface area contributed by atoms with E-state index in [9.17, 15) is 8.42 Å². The lowest BCUT2D eigenvalue weighted by atomic mass is 9.87. The number of sulfone groups is 1. The maximum Gasteiger partial charge on any atom is 0.191 e. The van der Waals surface area contributed by atoms with Crippen molar-refractivity contribution in [3.63, 3.8) is 0 Å². The first kappa shape index (κ1) is 21.5. The molecule has 0 aromatic heterocycles. The normalized spacial score (nSPS) is 14.2. The average Bonchev–Trinajstić information content (AvgIpc) is 2.50. The molecule has 0 aliphatic carbocycles. The Bertz CT molecular complexity index is 659. The van der Waals surface area contributed by atoms with Crippen molar-refractivity contribution in [3.05, 3.63) is 35.4 Å². The van der Waals surface area contributed by atoms with Gasteiger partial charge in [0.2, 0.25) is 0 Å². The van der Waals surface area contributed by atoms with Crippen molar-refractivity contribution in [2.24, 2.45) is 4.99 Å². The highest BCUT2D eigenvalue weighted by molar-refractivity contribution is 7.90. The van der Waals surface area contributed by atoms with Crippen molar-refractivity contribution in [1.29, 1.82) is 0 Å². The van der Waals surface area contributed by atoms with Crippen molar-refractivity contribution in [1.82, 2.24) is 10.6 Å². The molecular formula is C19H33N3O2S. The van der Waals surface area contributed by atoms with E-state index >= 15 is 0 Å². The van der Waals surface area contributed by atoms with Crippen LogP contribution in [-0.2, 0) is 21.8 Å². The van der Waals surface area contributed by atoms with Gasteiger partial charge in [-0.1, -0.05) is 45.0 Å². The summed E-state index contributed by atoms with van der Waals surface area (Å²) in [4.78, 5) is 4.60. The highest BCUT2D eigenvalue weighted by atomic mass is 32.2. The SMILES string of the molecule is CCNC(=NCc1ccc(C(C)(C)C)cc1)NC(C)CCS(C)(=O)=O. The van der Waals surface area contributed by atoms with Gasteiger partial charge in [-0.15, -0.1) is 0 Å². The molecule has 0 saturated carbocycles. The van der Waals surface area contributed by atoms with Crippen molar-refractivity contribution in [3.8, 4) is 0 Å². The Morgan fingerprint density at radius 3 is 2.28 bits per heavy atom. The molecule has 0 aliphatic rings. The smallest absolute Gasteiger partial charge is 0.191 e. The van der Waals surface area contributed by atoms with Gasteiger partial charge >= 0.3 is 0 Å². The molecule has 1 rings (SSSR count). The summed E-state index contributed by atoms with van der Waals surface area (Å²) in [6, 6.07) is 8.57. The highest BCUT2D eigenvalue weighted by Gasteiger charge is 2.13. The maximum absolute atomic E-state index is 11.3. The second-order valence-electron chi connectivity index (χ2n) is 7.61. The lowest BCUT2D eigenvalue weighted by molar-refractivity contribution is 0.581. The van der Waals surface area contributed by atoms with E-state index in [0.717, 1.165) is 12.1 Å². The van der Waals surface area contributed by atoms with Crippen LogP contribution in [-0.4, -0.2) is 39.0 Å². The molecule has 6 heteroatoms. The summed E-state index contributed by atoms with van der Waals surface area (Å²) in [6.07, 6.45) is 1.82. The van der Waals surface area contributed by atoms with Gasteiger partial charge in [-0.3, -0.25) is 0 Å². The zero-order valence-electron chi connectivity index (χ0n) is 16.4. The predicted octanol–water partition coefficient (Wildman–Crippen LogP) is 2.86. The first-order valence-electron chi connectivity index (χ1n) is 8.83. The third kappa shape index (κ3) is 8.91. The summed E-state index contributed by atoms with van der Waals surface area (Å²) in [5, 5.41) is 6.48. The zero-order chi connectivity index (χ0) is 19.1. The van der Waals surface area contributed by atoms with Crippen LogP contribution in [0.3, 0.4) is 0 Å². The van der Waals surface area contributed by atoms with Crippen LogP contribution in [0.25, 0.3) is 0 Å². The number of nitrogens with zero attached hydrogens (tertiary/aromatic N) is 1. The Morgan fingerprint density at radius 1 is 1.20 bits per heavy atom. The molecule has 1 aromatic carbocycles. The van der Waals surface area contributed by atoms with Crippen LogP contribution >= 0.6 is 0 Å². The average molecular weight is 368 g/mol. The number of hydrogen-bond acceptors (Lipinski definition) is 3. The Kier molecular flexibility index (Phi) is 7.93. The van der Waals surface area contributed by atoms with E-state index in [0.29, 0.717) is 18.9 Å². The number of rotatable bonds is 7. The topological polar surface area (TPSA) is 70.6 Å².